The molecule has 0 rings (SSSR count). The predicted molar refractivity (Wildman–Crippen MR) is 33.7 cm³/mol. The lowest BCUT2D eigenvalue weighted by molar-refractivity contribution is -0.153. The van der Waals surface area contributed by atoms with Gasteiger partial charge in [-0.05, 0) is 13.5 Å². The van der Waals surface area contributed by atoms with E-state index in [1.54, 1.807) is 0 Å². The van der Waals surface area contributed by atoms with Crippen LogP contribution in [0.3, 0.4) is 0 Å². The fraction of sp³-hybridized carbons (Fsp3) is 0.667. The van der Waals surface area contributed by atoms with Crippen molar-refractivity contribution in [2.75, 3.05) is 7.05 Å². The maximum Gasteiger partial charge on any atom is 0.404 e. The minimum absolute atomic E-state index is 0.0833. The molecule has 0 aromatic heterocycles. The second-order valence-electron chi connectivity index (χ2n) is 1.91. The first-order valence-corrected chi connectivity index (χ1v) is 2.87. The quantitative estimate of drug-likeness (QED) is 0.608. The van der Waals surface area contributed by atoms with Crippen molar-refractivity contribution in [2.24, 2.45) is 0 Å². The Labute approximate surface area is 57.9 Å². The van der Waals surface area contributed by atoms with Gasteiger partial charge in [-0.15, -0.1) is 6.58 Å². The number of nitrogens with one attached hydrogen (secondary N) is 1. The lowest BCUT2D eigenvalue weighted by Crippen LogP contribution is -2.39. The molecule has 0 radical (unpaired) electrons. The number of halogens is 3. The van der Waals surface area contributed by atoms with E-state index in [2.05, 4.69) is 11.9 Å². The molecule has 0 saturated heterocycles. The minimum atomic E-state index is -4.16. The van der Waals surface area contributed by atoms with Crippen LogP contribution in [-0.2, 0) is 0 Å². The molecule has 60 valence electrons. The van der Waals surface area contributed by atoms with Crippen molar-refractivity contribution < 1.29 is 13.2 Å². The lowest BCUT2D eigenvalue weighted by atomic mass is 10.2. The van der Waals surface area contributed by atoms with Crippen molar-refractivity contribution in [3.05, 3.63) is 12.7 Å². The van der Waals surface area contributed by atoms with Crippen molar-refractivity contribution in [2.45, 2.75) is 18.6 Å². The normalized spacial score (nSPS) is 14.8. The summed E-state index contributed by atoms with van der Waals surface area (Å²) in [6.45, 7) is 3.22. The monoisotopic (exact) mass is 153 g/mol. The molecule has 1 nitrogen and oxygen atoms in total. The van der Waals surface area contributed by atoms with Gasteiger partial charge in [0.15, 0.2) is 0 Å². The molecule has 0 bridgehead atoms. The van der Waals surface area contributed by atoms with Crippen LogP contribution in [-0.4, -0.2) is 19.3 Å². The highest BCUT2D eigenvalue weighted by Crippen LogP contribution is 2.21. The Morgan fingerprint density at radius 1 is 1.60 bits per heavy atom. The smallest absolute Gasteiger partial charge is 0.309 e. The third kappa shape index (κ3) is 2.87. The van der Waals surface area contributed by atoms with Gasteiger partial charge in [-0.3, -0.25) is 0 Å². The Morgan fingerprint density at radius 2 is 2.10 bits per heavy atom. The molecule has 0 amide bonds. The average Bonchev–Trinajstić information content (AvgIpc) is 1.80. The number of alkyl halides is 3. The van der Waals surface area contributed by atoms with Crippen LogP contribution in [0.25, 0.3) is 0 Å². The predicted octanol–water partition coefficient (Wildman–Crippen LogP) is 1.71. The molecular formula is C6H10F3N. The van der Waals surface area contributed by atoms with E-state index in [-0.39, 0.29) is 6.42 Å². The molecule has 4 heteroatoms. The Morgan fingerprint density at radius 3 is 2.20 bits per heavy atom. The summed E-state index contributed by atoms with van der Waals surface area (Å²) in [5, 5.41) is 2.15. The number of rotatable bonds is 3. The van der Waals surface area contributed by atoms with Crippen LogP contribution in [0.1, 0.15) is 6.42 Å². The highest BCUT2D eigenvalue weighted by molar-refractivity contribution is 4.81. The van der Waals surface area contributed by atoms with Crippen molar-refractivity contribution in [1.82, 2.24) is 5.32 Å². The van der Waals surface area contributed by atoms with Crippen LogP contribution < -0.4 is 5.32 Å². The van der Waals surface area contributed by atoms with E-state index in [0.29, 0.717) is 0 Å². The third-order valence-electron chi connectivity index (χ3n) is 1.15. The van der Waals surface area contributed by atoms with Gasteiger partial charge in [0, 0.05) is 0 Å². The molecule has 0 aliphatic rings. The second-order valence-corrected chi connectivity index (χ2v) is 1.91. The zero-order chi connectivity index (χ0) is 8.20. The van der Waals surface area contributed by atoms with Gasteiger partial charge < -0.3 is 5.32 Å². The second kappa shape index (κ2) is 3.61. The molecule has 0 spiro atoms. The first-order valence-electron chi connectivity index (χ1n) is 2.87. The van der Waals surface area contributed by atoms with Crippen LogP contribution in [0.4, 0.5) is 13.2 Å². The van der Waals surface area contributed by atoms with E-state index in [9.17, 15) is 13.2 Å². The van der Waals surface area contributed by atoms with E-state index in [0.717, 1.165) is 0 Å². The van der Waals surface area contributed by atoms with E-state index in [1.165, 1.54) is 13.1 Å². The SMILES string of the molecule is C=CCC(NC)C(F)(F)F. The van der Waals surface area contributed by atoms with E-state index in [1.807, 2.05) is 0 Å². The lowest BCUT2D eigenvalue weighted by Gasteiger charge is -2.17. The maximum atomic E-state index is 11.8. The topological polar surface area (TPSA) is 12.0 Å². The summed E-state index contributed by atoms with van der Waals surface area (Å²) in [7, 11) is 1.28. The Kier molecular flexibility index (Phi) is 3.42. The number of hydrogen-bond acceptors (Lipinski definition) is 1. The van der Waals surface area contributed by atoms with Crippen LogP contribution in [0, 0.1) is 0 Å². The van der Waals surface area contributed by atoms with Gasteiger partial charge in [0.2, 0.25) is 0 Å². The molecule has 1 atom stereocenters. The molecule has 0 fully saturated rings. The van der Waals surface area contributed by atoms with Crippen molar-refractivity contribution in [1.29, 1.82) is 0 Å². The van der Waals surface area contributed by atoms with Crippen molar-refractivity contribution in [3.8, 4) is 0 Å². The molecular weight excluding hydrogens is 143 g/mol. The summed E-state index contributed by atoms with van der Waals surface area (Å²) in [5.74, 6) is 0. The Bertz CT molecular complexity index is 108. The molecule has 0 heterocycles. The molecule has 0 aromatic carbocycles. The fourth-order valence-corrected chi connectivity index (χ4v) is 0.582. The van der Waals surface area contributed by atoms with Crippen LogP contribution in [0.15, 0.2) is 12.7 Å². The third-order valence-corrected chi connectivity index (χ3v) is 1.15. The van der Waals surface area contributed by atoms with Crippen LogP contribution >= 0.6 is 0 Å². The molecule has 0 aliphatic carbocycles. The summed E-state index contributed by atoms with van der Waals surface area (Å²) in [5.41, 5.74) is 0. The van der Waals surface area contributed by atoms with Crippen LogP contribution in [0.5, 0.6) is 0 Å². The highest BCUT2D eigenvalue weighted by atomic mass is 19.4. The minimum Gasteiger partial charge on any atom is -0.309 e. The summed E-state index contributed by atoms with van der Waals surface area (Å²) in [6, 6.07) is -1.45. The molecule has 10 heavy (non-hydrogen) atoms. The van der Waals surface area contributed by atoms with E-state index in [4.69, 9.17) is 0 Å². The molecule has 1 unspecified atom stereocenters. The largest absolute Gasteiger partial charge is 0.404 e. The van der Waals surface area contributed by atoms with Crippen LogP contribution in [0.2, 0.25) is 0 Å². The summed E-state index contributed by atoms with van der Waals surface area (Å²) in [6.07, 6.45) is -3.00. The number of hydrogen-bond donors (Lipinski definition) is 1. The van der Waals surface area contributed by atoms with Gasteiger partial charge in [0.05, 0.1) is 0 Å². The Balaban J connectivity index is 3.92. The first kappa shape index (κ1) is 9.49. The van der Waals surface area contributed by atoms with Gasteiger partial charge in [-0.2, -0.15) is 13.2 Å². The van der Waals surface area contributed by atoms with E-state index >= 15 is 0 Å². The van der Waals surface area contributed by atoms with Gasteiger partial charge in [0.25, 0.3) is 0 Å². The van der Waals surface area contributed by atoms with Crippen molar-refractivity contribution in [3.63, 3.8) is 0 Å². The summed E-state index contributed by atoms with van der Waals surface area (Å²) >= 11 is 0. The maximum absolute atomic E-state index is 11.8. The zero-order valence-corrected chi connectivity index (χ0v) is 5.70. The molecule has 0 aliphatic heterocycles. The fourth-order valence-electron chi connectivity index (χ4n) is 0.582. The van der Waals surface area contributed by atoms with Gasteiger partial charge in [-0.1, -0.05) is 6.08 Å². The zero-order valence-electron chi connectivity index (χ0n) is 5.70. The molecule has 0 saturated carbocycles. The van der Waals surface area contributed by atoms with E-state index < -0.39 is 12.2 Å². The standard InChI is InChI=1S/C6H10F3N/c1-3-4-5(10-2)6(7,8)9/h3,5,10H,1,4H2,2H3. The molecule has 0 aromatic rings. The van der Waals surface area contributed by atoms with Gasteiger partial charge in [-0.25, -0.2) is 0 Å². The van der Waals surface area contributed by atoms with Gasteiger partial charge in [0.1, 0.15) is 6.04 Å². The highest BCUT2D eigenvalue weighted by Gasteiger charge is 2.37. The first-order chi connectivity index (χ1) is 4.52. The summed E-state index contributed by atoms with van der Waals surface area (Å²) in [4.78, 5) is 0. The van der Waals surface area contributed by atoms with Crippen molar-refractivity contribution >= 4 is 0 Å². The Hall–Kier alpha value is -0.510. The average molecular weight is 153 g/mol. The van der Waals surface area contributed by atoms with Gasteiger partial charge >= 0.3 is 6.18 Å². The molecule has 1 N–H and O–H groups in total. The summed E-state index contributed by atoms with van der Waals surface area (Å²) < 4.78 is 35.4.